The first-order valence-electron chi connectivity index (χ1n) is 6.58. The Morgan fingerprint density at radius 2 is 1.89 bits per heavy atom. The molecule has 4 heteroatoms. The van der Waals surface area contributed by atoms with Gasteiger partial charge in [-0.3, -0.25) is 4.68 Å². The molecule has 0 fully saturated rings. The molecule has 3 nitrogen and oxygen atoms in total. The molecule has 0 aliphatic heterocycles. The Morgan fingerprint density at radius 1 is 1.26 bits per heavy atom. The summed E-state index contributed by atoms with van der Waals surface area (Å²) in [7, 11) is 0. The van der Waals surface area contributed by atoms with Crippen molar-refractivity contribution in [2.45, 2.75) is 39.8 Å². The van der Waals surface area contributed by atoms with Gasteiger partial charge in [0.15, 0.2) is 0 Å². The summed E-state index contributed by atoms with van der Waals surface area (Å²) in [6.07, 6.45) is 2.68. The minimum Gasteiger partial charge on any atom is -0.319 e. The molecule has 1 unspecified atom stereocenters. The van der Waals surface area contributed by atoms with E-state index in [0.29, 0.717) is 5.02 Å². The minimum absolute atomic E-state index is 0.236. The van der Waals surface area contributed by atoms with Crippen molar-refractivity contribution in [2.75, 3.05) is 0 Å². The maximum absolute atomic E-state index is 6.39. The number of rotatable bonds is 4. The van der Waals surface area contributed by atoms with Crippen LogP contribution in [0, 0.1) is 13.8 Å². The highest BCUT2D eigenvalue weighted by molar-refractivity contribution is 6.31. The Kier molecular flexibility index (Phi) is 4.27. The largest absolute Gasteiger partial charge is 0.319 e. The highest BCUT2D eigenvalue weighted by Gasteiger charge is 2.18. The Bertz CT molecular complexity index is 555. The molecule has 0 radical (unpaired) electrons. The predicted molar refractivity (Wildman–Crippen MR) is 79.5 cm³/mol. The zero-order chi connectivity index (χ0) is 14.0. The summed E-state index contributed by atoms with van der Waals surface area (Å²) in [6, 6.07) is 6.12. The lowest BCUT2D eigenvalue weighted by Gasteiger charge is -2.16. The maximum Gasteiger partial charge on any atom is 0.0837 e. The van der Waals surface area contributed by atoms with Gasteiger partial charge in [-0.05, 0) is 25.8 Å². The molecular weight excluding hydrogens is 258 g/mol. The van der Waals surface area contributed by atoms with Crippen molar-refractivity contribution in [3.63, 3.8) is 0 Å². The van der Waals surface area contributed by atoms with Crippen LogP contribution in [0.1, 0.15) is 41.8 Å². The summed E-state index contributed by atoms with van der Waals surface area (Å²) in [5.74, 6) is 0. The molecule has 1 atom stereocenters. The fraction of sp³-hybridized carbons (Fsp3) is 0.400. The van der Waals surface area contributed by atoms with Gasteiger partial charge in [-0.2, -0.15) is 5.10 Å². The third-order valence-electron chi connectivity index (χ3n) is 3.17. The maximum atomic E-state index is 6.39. The van der Waals surface area contributed by atoms with Crippen molar-refractivity contribution in [1.29, 1.82) is 0 Å². The lowest BCUT2D eigenvalue weighted by molar-refractivity contribution is 0.559. The van der Waals surface area contributed by atoms with Gasteiger partial charge < -0.3 is 5.73 Å². The van der Waals surface area contributed by atoms with Crippen LogP contribution in [-0.4, -0.2) is 9.78 Å². The van der Waals surface area contributed by atoms with Crippen molar-refractivity contribution >= 4 is 11.6 Å². The molecular formula is C15H20ClN3. The van der Waals surface area contributed by atoms with Crippen LogP contribution in [-0.2, 0) is 6.54 Å². The molecule has 0 bridgehead atoms. The molecule has 1 aromatic carbocycles. The number of benzene rings is 1. The topological polar surface area (TPSA) is 43.8 Å². The van der Waals surface area contributed by atoms with Crippen molar-refractivity contribution in [1.82, 2.24) is 9.78 Å². The molecule has 1 aromatic heterocycles. The van der Waals surface area contributed by atoms with Crippen LogP contribution in [0.15, 0.2) is 24.4 Å². The Morgan fingerprint density at radius 3 is 2.47 bits per heavy atom. The Hall–Kier alpha value is -1.32. The summed E-state index contributed by atoms with van der Waals surface area (Å²) >= 11 is 6.24. The van der Waals surface area contributed by atoms with Crippen molar-refractivity contribution in [3.05, 3.63) is 51.8 Å². The highest BCUT2D eigenvalue weighted by atomic mass is 35.5. The van der Waals surface area contributed by atoms with E-state index in [1.54, 1.807) is 6.20 Å². The Labute approximate surface area is 119 Å². The normalized spacial score (nSPS) is 12.7. The second-order valence-electron chi connectivity index (χ2n) is 5.00. The van der Waals surface area contributed by atoms with E-state index >= 15 is 0 Å². The number of nitrogens with zero attached hydrogens (tertiary/aromatic N) is 2. The SMILES string of the molecule is CCCn1ncc(Cl)c1C(N)c1cc(C)cc(C)c1. The molecule has 2 aromatic rings. The summed E-state index contributed by atoms with van der Waals surface area (Å²) in [5.41, 5.74) is 10.8. The van der Waals surface area contributed by atoms with Crippen LogP contribution >= 0.6 is 11.6 Å². The van der Waals surface area contributed by atoms with Gasteiger partial charge in [0.1, 0.15) is 0 Å². The van der Waals surface area contributed by atoms with Crippen LogP contribution in [0.25, 0.3) is 0 Å². The van der Waals surface area contributed by atoms with E-state index in [0.717, 1.165) is 24.2 Å². The highest BCUT2D eigenvalue weighted by Crippen LogP contribution is 2.27. The van der Waals surface area contributed by atoms with Gasteiger partial charge in [0, 0.05) is 6.54 Å². The van der Waals surface area contributed by atoms with Crippen LogP contribution in [0.5, 0.6) is 0 Å². The Balaban J connectivity index is 2.43. The van der Waals surface area contributed by atoms with E-state index in [2.05, 4.69) is 44.1 Å². The first-order chi connectivity index (χ1) is 9.02. The van der Waals surface area contributed by atoms with Crippen molar-refractivity contribution in [2.24, 2.45) is 5.73 Å². The van der Waals surface area contributed by atoms with Crippen LogP contribution in [0.4, 0.5) is 0 Å². The van der Waals surface area contributed by atoms with Crippen molar-refractivity contribution in [3.8, 4) is 0 Å². The van der Waals surface area contributed by atoms with Crippen LogP contribution in [0.3, 0.4) is 0 Å². The third kappa shape index (κ3) is 2.99. The van der Waals surface area contributed by atoms with Gasteiger partial charge in [0.05, 0.1) is 23.0 Å². The molecule has 19 heavy (non-hydrogen) atoms. The molecule has 0 saturated heterocycles. The number of hydrogen-bond donors (Lipinski definition) is 1. The molecule has 0 saturated carbocycles. The fourth-order valence-electron chi connectivity index (χ4n) is 2.42. The zero-order valence-corrected chi connectivity index (χ0v) is 12.4. The molecule has 0 amide bonds. The van der Waals surface area contributed by atoms with Crippen LogP contribution < -0.4 is 5.73 Å². The summed E-state index contributed by atoms with van der Waals surface area (Å²) in [6.45, 7) is 7.10. The van der Waals surface area contributed by atoms with E-state index < -0.39 is 0 Å². The van der Waals surface area contributed by atoms with E-state index in [9.17, 15) is 0 Å². The quantitative estimate of drug-likeness (QED) is 0.928. The van der Waals surface area contributed by atoms with Gasteiger partial charge >= 0.3 is 0 Å². The predicted octanol–water partition coefficient (Wildman–Crippen LogP) is 3.61. The molecule has 1 heterocycles. The number of hydrogen-bond acceptors (Lipinski definition) is 2. The number of halogens is 1. The molecule has 2 rings (SSSR count). The van der Waals surface area contributed by atoms with Gasteiger partial charge in [-0.15, -0.1) is 0 Å². The smallest absolute Gasteiger partial charge is 0.0837 e. The second kappa shape index (κ2) is 5.76. The summed E-state index contributed by atoms with van der Waals surface area (Å²) in [4.78, 5) is 0. The number of aryl methyl sites for hydroxylation is 3. The number of aromatic nitrogens is 2. The van der Waals surface area contributed by atoms with Crippen LogP contribution in [0.2, 0.25) is 5.02 Å². The average Bonchev–Trinajstić information content (AvgIpc) is 2.69. The zero-order valence-electron chi connectivity index (χ0n) is 11.7. The van der Waals surface area contributed by atoms with E-state index in [4.69, 9.17) is 17.3 Å². The van der Waals surface area contributed by atoms with Gasteiger partial charge in [0.2, 0.25) is 0 Å². The third-order valence-corrected chi connectivity index (χ3v) is 3.46. The lowest BCUT2D eigenvalue weighted by Crippen LogP contribution is -2.18. The fourth-order valence-corrected chi connectivity index (χ4v) is 2.68. The molecule has 0 aliphatic carbocycles. The lowest BCUT2D eigenvalue weighted by atomic mass is 9.99. The standard InChI is InChI=1S/C15H20ClN3/c1-4-5-19-15(13(16)9-18-19)14(17)12-7-10(2)6-11(3)8-12/h6-9,14H,4-5,17H2,1-3H3. The number of nitrogens with two attached hydrogens (primary N) is 1. The average molecular weight is 278 g/mol. The van der Waals surface area contributed by atoms with Gasteiger partial charge in [0.25, 0.3) is 0 Å². The molecule has 0 spiro atoms. The molecule has 102 valence electrons. The van der Waals surface area contributed by atoms with E-state index in [1.807, 2.05) is 4.68 Å². The van der Waals surface area contributed by atoms with Crippen molar-refractivity contribution < 1.29 is 0 Å². The molecule has 2 N–H and O–H groups in total. The van der Waals surface area contributed by atoms with Gasteiger partial charge in [-0.25, -0.2) is 0 Å². The second-order valence-corrected chi connectivity index (χ2v) is 5.41. The minimum atomic E-state index is -0.236. The van der Waals surface area contributed by atoms with Gasteiger partial charge in [-0.1, -0.05) is 47.9 Å². The van der Waals surface area contributed by atoms with E-state index in [-0.39, 0.29) is 6.04 Å². The summed E-state index contributed by atoms with van der Waals surface area (Å²) < 4.78 is 1.91. The summed E-state index contributed by atoms with van der Waals surface area (Å²) in [5, 5.41) is 4.94. The first-order valence-corrected chi connectivity index (χ1v) is 6.95. The monoisotopic (exact) mass is 277 g/mol. The first kappa shape index (κ1) is 14.1. The molecule has 0 aliphatic rings. The van der Waals surface area contributed by atoms with E-state index in [1.165, 1.54) is 11.1 Å².